The first kappa shape index (κ1) is 30.0. The lowest BCUT2D eigenvalue weighted by molar-refractivity contribution is -0.193. The van der Waals surface area contributed by atoms with Crippen LogP contribution < -0.4 is 0 Å². The average molecular weight is 427 g/mol. The van der Waals surface area contributed by atoms with Gasteiger partial charge in [0.1, 0.15) is 6.10 Å². The van der Waals surface area contributed by atoms with Crippen LogP contribution in [0.1, 0.15) is 65.2 Å². The highest BCUT2D eigenvalue weighted by molar-refractivity contribution is 5.85. The minimum absolute atomic E-state index is 0.000880. The zero-order chi connectivity index (χ0) is 23.4. The molecule has 30 heavy (non-hydrogen) atoms. The molecule has 2 aliphatic rings. The molecule has 0 spiro atoms. The number of rotatable bonds is 8. The fourth-order valence-electron chi connectivity index (χ4n) is 3.24. The monoisotopic (exact) mass is 426 g/mol. The molecule has 0 unspecified atom stereocenters. The summed E-state index contributed by atoms with van der Waals surface area (Å²) in [6, 6.07) is 0. The summed E-state index contributed by atoms with van der Waals surface area (Å²) in [5.74, 6) is 0.244. The number of Topliss-reactive ketones (excluding diaryl/α,β-unsaturated/α-hetero) is 1. The van der Waals surface area contributed by atoms with Gasteiger partial charge in [0.2, 0.25) is 0 Å². The van der Waals surface area contributed by atoms with Crippen molar-refractivity contribution in [2.24, 2.45) is 0 Å². The molecular weight excluding hydrogens is 392 g/mol. The van der Waals surface area contributed by atoms with Gasteiger partial charge in [0, 0.05) is 12.8 Å². The van der Waals surface area contributed by atoms with Gasteiger partial charge in [0.05, 0.1) is 24.4 Å². The Bertz CT molecular complexity index is 535. The van der Waals surface area contributed by atoms with Crippen LogP contribution in [0.2, 0.25) is 0 Å². The van der Waals surface area contributed by atoms with Crippen LogP contribution in [-0.4, -0.2) is 53.7 Å². The molecule has 170 valence electrons. The predicted molar refractivity (Wildman–Crippen MR) is 107 cm³/mol. The van der Waals surface area contributed by atoms with E-state index in [0.29, 0.717) is 12.8 Å². The van der Waals surface area contributed by atoms with Crippen LogP contribution in [-0.2, 0) is 33.4 Å². The molecule has 2 rings (SSSR count). The second-order valence-electron chi connectivity index (χ2n) is 6.81. The normalized spacial score (nSPS) is 26.4. The minimum atomic E-state index is -0.278. The summed E-state index contributed by atoms with van der Waals surface area (Å²) in [7, 11) is 0. The van der Waals surface area contributed by atoms with E-state index in [9.17, 15) is 9.90 Å². The molecule has 0 bridgehead atoms. The van der Waals surface area contributed by atoms with Crippen LogP contribution in [0.25, 0.3) is 0 Å². The average Bonchev–Trinajstić information content (AvgIpc) is 3.20. The van der Waals surface area contributed by atoms with Gasteiger partial charge in [0.15, 0.2) is 5.78 Å². The van der Waals surface area contributed by atoms with Crippen molar-refractivity contribution >= 4 is 18.1 Å². The number of ketones is 1. The minimum Gasteiger partial charge on any atom is -0.390 e. The Hall–Kier alpha value is -2.21. The second-order valence-corrected chi connectivity index (χ2v) is 6.81. The van der Waals surface area contributed by atoms with Gasteiger partial charge in [-0.25, -0.2) is 0 Å². The summed E-state index contributed by atoms with van der Waals surface area (Å²) in [6.07, 6.45) is 11.1. The lowest BCUT2D eigenvalue weighted by Crippen LogP contribution is -2.19. The Morgan fingerprint density at radius 1 is 0.967 bits per heavy atom. The molecule has 5 atom stereocenters. The van der Waals surface area contributed by atoms with Crippen LogP contribution in [0.5, 0.6) is 0 Å². The maximum atomic E-state index is 11.3. The number of ether oxygens (including phenoxy) is 2. The summed E-state index contributed by atoms with van der Waals surface area (Å²) in [5.41, 5.74) is 0. The third-order valence-corrected chi connectivity index (χ3v) is 4.45. The first-order chi connectivity index (χ1) is 14.4. The highest BCUT2D eigenvalue weighted by Crippen LogP contribution is 2.25. The van der Waals surface area contributed by atoms with Crippen molar-refractivity contribution in [3.8, 4) is 0 Å². The van der Waals surface area contributed by atoms with E-state index in [2.05, 4.69) is 27.0 Å². The van der Waals surface area contributed by atoms with Gasteiger partial charge < -0.3 is 14.6 Å². The predicted octanol–water partition coefficient (Wildman–Crippen LogP) is 2.80. The van der Waals surface area contributed by atoms with E-state index in [1.54, 1.807) is 6.08 Å². The molecule has 0 aliphatic carbocycles. The Kier molecular flexibility index (Phi) is 20.1. The van der Waals surface area contributed by atoms with Crippen LogP contribution >= 0.6 is 0 Å². The molecule has 0 aromatic carbocycles. The number of aliphatic hydroxyl groups excluding tert-OH is 1. The van der Waals surface area contributed by atoms with E-state index in [1.807, 2.05) is 6.08 Å². The lowest BCUT2D eigenvalue weighted by Gasteiger charge is -2.11. The topological polar surface area (TPSA) is 124 Å². The number of carbonyl (C=O) groups excluding carboxylic acids is 5. The largest absolute Gasteiger partial charge is 0.390 e. The van der Waals surface area contributed by atoms with Crippen LogP contribution in [0.15, 0.2) is 25.3 Å². The molecule has 8 nitrogen and oxygen atoms in total. The van der Waals surface area contributed by atoms with Crippen molar-refractivity contribution < 1.29 is 38.6 Å². The first-order valence-electron chi connectivity index (χ1n) is 10.1. The van der Waals surface area contributed by atoms with Gasteiger partial charge in [0.25, 0.3) is 0 Å². The highest BCUT2D eigenvalue weighted by Gasteiger charge is 2.32. The van der Waals surface area contributed by atoms with Gasteiger partial charge in [-0.1, -0.05) is 38.8 Å². The molecule has 1 N–H and O–H groups in total. The molecule has 2 heterocycles. The van der Waals surface area contributed by atoms with Gasteiger partial charge in [-0.2, -0.15) is 19.2 Å². The fraction of sp³-hybridized carbons (Fsp3) is 0.682. The lowest BCUT2D eigenvalue weighted by atomic mass is 10.1. The van der Waals surface area contributed by atoms with Crippen LogP contribution in [0.3, 0.4) is 0 Å². The molecule has 2 aliphatic heterocycles. The maximum Gasteiger partial charge on any atom is 0.373 e. The number of aliphatic hydroxyl groups is 1. The van der Waals surface area contributed by atoms with Gasteiger partial charge >= 0.3 is 12.3 Å². The third-order valence-electron chi connectivity index (χ3n) is 4.45. The summed E-state index contributed by atoms with van der Waals surface area (Å²) < 4.78 is 11.2. The van der Waals surface area contributed by atoms with Crippen molar-refractivity contribution in [1.82, 2.24) is 0 Å². The van der Waals surface area contributed by atoms with E-state index in [4.69, 9.17) is 28.7 Å². The van der Waals surface area contributed by atoms with Crippen molar-refractivity contribution in [3.05, 3.63) is 25.3 Å². The van der Waals surface area contributed by atoms with Crippen LogP contribution in [0.4, 0.5) is 0 Å². The standard InChI is InChI=1S/C10H18O2.C10H16O2.2CO2/c2*1-3-5-8-7-9(11)10(12-8)6-4-2;2*2-1-3/h4,8-11H,2-3,5-7H2,1H3;4,8,10H,2-3,5-7H2,1H3;;/t8-,9+,10-;8-,10-;;/m00../s1. The quantitative estimate of drug-likeness (QED) is 0.588. The van der Waals surface area contributed by atoms with Crippen molar-refractivity contribution in [2.75, 3.05) is 0 Å². The Balaban J connectivity index is 0. The molecular formula is C22H34O8. The van der Waals surface area contributed by atoms with E-state index >= 15 is 0 Å². The number of carbonyl (C=O) groups is 1. The van der Waals surface area contributed by atoms with Crippen molar-refractivity contribution in [2.45, 2.75) is 95.7 Å². The highest BCUT2D eigenvalue weighted by atomic mass is 16.5. The van der Waals surface area contributed by atoms with Gasteiger partial charge in [-0.15, -0.1) is 13.2 Å². The zero-order valence-corrected chi connectivity index (χ0v) is 17.9. The molecule has 0 aromatic heterocycles. The zero-order valence-electron chi connectivity index (χ0n) is 17.9. The SMILES string of the molecule is C=CC[C@@H]1O[C@@H](CCC)CC1=O.C=CC[C@@H]1O[C@@H](CCC)C[C@H]1O.O=C=O.O=C=O. The third kappa shape index (κ3) is 13.9. The Labute approximate surface area is 178 Å². The summed E-state index contributed by atoms with van der Waals surface area (Å²) >= 11 is 0. The van der Waals surface area contributed by atoms with E-state index in [1.165, 1.54) is 0 Å². The number of hydrogen-bond donors (Lipinski definition) is 1. The molecule has 2 fully saturated rings. The Morgan fingerprint density at radius 2 is 1.47 bits per heavy atom. The molecule has 0 aromatic rings. The summed E-state index contributed by atoms with van der Waals surface area (Å²) in [6.45, 7) is 11.5. The van der Waals surface area contributed by atoms with E-state index < -0.39 is 0 Å². The van der Waals surface area contributed by atoms with Gasteiger partial charge in [-0.05, 0) is 25.7 Å². The molecule has 2 saturated heterocycles. The van der Waals surface area contributed by atoms with Crippen molar-refractivity contribution in [3.63, 3.8) is 0 Å². The van der Waals surface area contributed by atoms with E-state index in [0.717, 1.165) is 38.5 Å². The molecule has 0 radical (unpaired) electrons. The molecule has 0 saturated carbocycles. The molecule has 8 heteroatoms. The van der Waals surface area contributed by atoms with Crippen molar-refractivity contribution in [1.29, 1.82) is 0 Å². The fourth-order valence-corrected chi connectivity index (χ4v) is 3.24. The Morgan fingerprint density at radius 3 is 1.93 bits per heavy atom. The van der Waals surface area contributed by atoms with Crippen LogP contribution in [0, 0.1) is 0 Å². The van der Waals surface area contributed by atoms with Gasteiger partial charge in [-0.3, -0.25) is 4.79 Å². The summed E-state index contributed by atoms with van der Waals surface area (Å²) in [4.78, 5) is 43.8. The van der Waals surface area contributed by atoms with E-state index in [-0.39, 0.29) is 48.6 Å². The molecule has 0 amide bonds. The summed E-state index contributed by atoms with van der Waals surface area (Å²) in [5, 5.41) is 9.54. The first-order valence-corrected chi connectivity index (χ1v) is 10.1. The maximum absolute atomic E-state index is 11.3. The smallest absolute Gasteiger partial charge is 0.373 e. The number of hydrogen-bond acceptors (Lipinski definition) is 8. The second kappa shape index (κ2) is 20.1.